The minimum Gasteiger partial charge on any atom is -0.345 e. The van der Waals surface area contributed by atoms with Gasteiger partial charge in [0.2, 0.25) is 5.91 Å². The minimum atomic E-state index is -0.566. The molecule has 0 fully saturated rings. The molecule has 1 amide bonds. The second kappa shape index (κ2) is 7.69. The Morgan fingerprint density at radius 3 is 2.53 bits per heavy atom. The molecule has 0 spiro atoms. The molecule has 0 aliphatic rings. The quantitative estimate of drug-likeness (QED) is 0.727. The third-order valence-electron chi connectivity index (χ3n) is 3.35. The lowest BCUT2D eigenvalue weighted by molar-refractivity contribution is -0.126. The van der Waals surface area contributed by atoms with Crippen molar-refractivity contribution < 1.29 is 9.59 Å². The molecule has 0 saturated heterocycles. The summed E-state index contributed by atoms with van der Waals surface area (Å²) in [5, 5.41) is 2.70. The predicted molar refractivity (Wildman–Crippen MR) is 75.6 cm³/mol. The van der Waals surface area contributed by atoms with E-state index >= 15 is 0 Å². The van der Waals surface area contributed by atoms with Crippen molar-refractivity contribution in [2.24, 2.45) is 11.7 Å². The van der Waals surface area contributed by atoms with Crippen molar-refractivity contribution in [3.05, 3.63) is 35.9 Å². The maximum absolute atomic E-state index is 11.9. The van der Waals surface area contributed by atoms with Crippen molar-refractivity contribution in [3.8, 4) is 0 Å². The third kappa shape index (κ3) is 4.83. The summed E-state index contributed by atoms with van der Waals surface area (Å²) in [5.41, 5.74) is 6.85. The van der Waals surface area contributed by atoms with Gasteiger partial charge in [0.1, 0.15) is 6.29 Å². The Kier molecular flexibility index (Phi) is 6.22. The van der Waals surface area contributed by atoms with Crippen LogP contribution in [0.15, 0.2) is 30.3 Å². The Morgan fingerprint density at radius 1 is 1.37 bits per heavy atom. The second-order valence-electron chi connectivity index (χ2n) is 4.85. The van der Waals surface area contributed by atoms with Crippen LogP contribution in [0.3, 0.4) is 0 Å². The first-order valence-corrected chi connectivity index (χ1v) is 6.63. The highest BCUT2D eigenvalue weighted by Crippen LogP contribution is 2.06. The fourth-order valence-corrected chi connectivity index (χ4v) is 1.79. The van der Waals surface area contributed by atoms with E-state index < -0.39 is 12.1 Å². The molecule has 0 radical (unpaired) electrons. The molecular weight excluding hydrogens is 240 g/mol. The van der Waals surface area contributed by atoms with Gasteiger partial charge in [0.05, 0.1) is 12.1 Å². The monoisotopic (exact) mass is 262 g/mol. The predicted octanol–water partition coefficient (Wildman–Crippen LogP) is 1.29. The standard InChI is InChI=1S/C15H22N2O2/c1-3-11(2)14(16)15(19)17-13(10-18)9-12-7-5-4-6-8-12/h4-8,10-11,13-14H,3,9,16H2,1-2H3,(H,17,19)/t11-,13-,14-/m0/s1. The highest BCUT2D eigenvalue weighted by atomic mass is 16.2. The zero-order valence-electron chi connectivity index (χ0n) is 11.5. The maximum atomic E-state index is 11.9. The number of nitrogens with one attached hydrogen (secondary N) is 1. The third-order valence-corrected chi connectivity index (χ3v) is 3.35. The molecule has 0 unspecified atom stereocenters. The Hall–Kier alpha value is -1.68. The first-order chi connectivity index (χ1) is 9.08. The van der Waals surface area contributed by atoms with Crippen LogP contribution in [0.5, 0.6) is 0 Å². The number of carbonyl (C=O) groups excluding carboxylic acids is 2. The van der Waals surface area contributed by atoms with Gasteiger partial charge in [-0.15, -0.1) is 0 Å². The van der Waals surface area contributed by atoms with Crippen molar-refractivity contribution in [2.75, 3.05) is 0 Å². The molecule has 0 bridgehead atoms. The van der Waals surface area contributed by atoms with Crippen LogP contribution in [0.1, 0.15) is 25.8 Å². The van der Waals surface area contributed by atoms with Gasteiger partial charge in [-0.05, 0) is 17.9 Å². The number of carbonyl (C=O) groups is 2. The van der Waals surface area contributed by atoms with Crippen LogP contribution in [-0.2, 0) is 16.0 Å². The summed E-state index contributed by atoms with van der Waals surface area (Å²) in [7, 11) is 0. The smallest absolute Gasteiger partial charge is 0.237 e. The second-order valence-corrected chi connectivity index (χ2v) is 4.85. The first kappa shape index (κ1) is 15.4. The van der Waals surface area contributed by atoms with E-state index in [2.05, 4.69) is 5.32 Å². The average molecular weight is 262 g/mol. The maximum Gasteiger partial charge on any atom is 0.237 e. The highest BCUT2D eigenvalue weighted by molar-refractivity contribution is 5.84. The first-order valence-electron chi connectivity index (χ1n) is 6.63. The van der Waals surface area contributed by atoms with E-state index in [9.17, 15) is 9.59 Å². The molecule has 1 aromatic carbocycles. The van der Waals surface area contributed by atoms with Crippen molar-refractivity contribution in [2.45, 2.75) is 38.8 Å². The SMILES string of the molecule is CC[C@H](C)[C@H](N)C(=O)N[C@H](C=O)Cc1ccccc1. The molecule has 3 N–H and O–H groups in total. The Labute approximate surface area is 114 Å². The summed E-state index contributed by atoms with van der Waals surface area (Å²) in [6.45, 7) is 3.91. The van der Waals surface area contributed by atoms with Crippen LogP contribution in [0.25, 0.3) is 0 Å². The molecule has 0 aliphatic carbocycles. The van der Waals surface area contributed by atoms with Gasteiger partial charge in [-0.25, -0.2) is 0 Å². The van der Waals surface area contributed by atoms with Gasteiger partial charge in [0.25, 0.3) is 0 Å². The number of amides is 1. The number of nitrogens with two attached hydrogens (primary N) is 1. The van der Waals surface area contributed by atoms with Gasteiger partial charge in [0.15, 0.2) is 0 Å². The van der Waals surface area contributed by atoms with Gasteiger partial charge in [0, 0.05) is 0 Å². The molecule has 0 aromatic heterocycles. The van der Waals surface area contributed by atoms with Crippen LogP contribution in [-0.4, -0.2) is 24.3 Å². The lowest BCUT2D eigenvalue weighted by atomic mass is 9.98. The van der Waals surface area contributed by atoms with E-state index in [1.54, 1.807) is 0 Å². The van der Waals surface area contributed by atoms with Gasteiger partial charge in [-0.2, -0.15) is 0 Å². The van der Waals surface area contributed by atoms with Crippen molar-refractivity contribution in [1.29, 1.82) is 0 Å². The molecule has 0 aliphatic heterocycles. The number of hydrogen-bond donors (Lipinski definition) is 2. The van der Waals surface area contributed by atoms with Gasteiger partial charge in [-0.1, -0.05) is 50.6 Å². The Balaban J connectivity index is 2.57. The Morgan fingerprint density at radius 2 is 2.00 bits per heavy atom. The minimum absolute atomic E-state index is 0.101. The summed E-state index contributed by atoms with van der Waals surface area (Å²) < 4.78 is 0. The van der Waals surface area contributed by atoms with Gasteiger partial charge < -0.3 is 15.8 Å². The van der Waals surface area contributed by atoms with E-state index in [-0.39, 0.29) is 11.8 Å². The summed E-state index contributed by atoms with van der Waals surface area (Å²) in [4.78, 5) is 23.0. The summed E-state index contributed by atoms with van der Waals surface area (Å²) in [5.74, 6) is -0.161. The molecule has 0 saturated carbocycles. The van der Waals surface area contributed by atoms with Crippen molar-refractivity contribution in [3.63, 3.8) is 0 Å². The average Bonchev–Trinajstić information content (AvgIpc) is 2.45. The van der Waals surface area contributed by atoms with Crippen molar-refractivity contribution in [1.82, 2.24) is 5.32 Å². The molecule has 0 heterocycles. The van der Waals surface area contributed by atoms with Gasteiger partial charge in [-0.3, -0.25) is 4.79 Å². The summed E-state index contributed by atoms with van der Waals surface area (Å²) in [6.07, 6.45) is 2.08. The fourth-order valence-electron chi connectivity index (χ4n) is 1.79. The Bertz CT molecular complexity index is 406. The molecule has 19 heavy (non-hydrogen) atoms. The normalized spacial score (nSPS) is 15.3. The van der Waals surface area contributed by atoms with E-state index in [1.807, 2.05) is 44.2 Å². The lowest BCUT2D eigenvalue weighted by Crippen LogP contribution is -2.49. The molecule has 3 atom stereocenters. The highest BCUT2D eigenvalue weighted by Gasteiger charge is 2.22. The molecule has 4 heteroatoms. The van der Waals surface area contributed by atoms with Crippen LogP contribution < -0.4 is 11.1 Å². The molecular formula is C15H22N2O2. The lowest BCUT2D eigenvalue weighted by Gasteiger charge is -2.20. The van der Waals surface area contributed by atoms with Crippen LogP contribution >= 0.6 is 0 Å². The summed E-state index contributed by atoms with van der Waals surface area (Å²) in [6, 6.07) is 8.49. The van der Waals surface area contributed by atoms with Crippen LogP contribution in [0.2, 0.25) is 0 Å². The fraction of sp³-hybridized carbons (Fsp3) is 0.467. The zero-order valence-corrected chi connectivity index (χ0v) is 11.5. The number of benzene rings is 1. The molecule has 1 rings (SSSR count). The molecule has 104 valence electrons. The van der Waals surface area contributed by atoms with Crippen molar-refractivity contribution >= 4 is 12.2 Å². The van der Waals surface area contributed by atoms with E-state index in [0.717, 1.165) is 18.3 Å². The molecule has 1 aromatic rings. The molecule has 4 nitrogen and oxygen atoms in total. The summed E-state index contributed by atoms with van der Waals surface area (Å²) >= 11 is 0. The topological polar surface area (TPSA) is 72.2 Å². The van der Waals surface area contributed by atoms with Gasteiger partial charge >= 0.3 is 0 Å². The van der Waals surface area contributed by atoms with E-state index in [0.29, 0.717) is 6.42 Å². The van der Waals surface area contributed by atoms with E-state index in [4.69, 9.17) is 5.73 Å². The zero-order chi connectivity index (χ0) is 14.3. The van der Waals surface area contributed by atoms with E-state index in [1.165, 1.54) is 0 Å². The van der Waals surface area contributed by atoms with Crippen LogP contribution in [0.4, 0.5) is 0 Å². The number of hydrogen-bond acceptors (Lipinski definition) is 3. The number of aldehydes is 1. The largest absolute Gasteiger partial charge is 0.345 e. The number of rotatable bonds is 7. The van der Waals surface area contributed by atoms with Crippen LogP contribution in [0, 0.1) is 5.92 Å².